The predicted octanol–water partition coefficient (Wildman–Crippen LogP) is 5.81. The van der Waals surface area contributed by atoms with Crippen molar-refractivity contribution in [1.29, 1.82) is 0 Å². The van der Waals surface area contributed by atoms with E-state index in [0.717, 1.165) is 26.9 Å². The Bertz CT molecular complexity index is 1850. The molecule has 1 N–H and O–H groups in total. The van der Waals surface area contributed by atoms with Crippen LogP contribution in [0.4, 0.5) is 5.13 Å². The fraction of sp³-hybridized carbons (Fsp3) is 0.200. The Kier molecular flexibility index (Phi) is 5.76. The Morgan fingerprint density at radius 2 is 1.74 bits per heavy atom. The fourth-order valence-electron chi connectivity index (χ4n) is 5.27. The van der Waals surface area contributed by atoms with Gasteiger partial charge in [0.1, 0.15) is 17.1 Å². The maximum atomic E-state index is 13.6. The van der Waals surface area contributed by atoms with Gasteiger partial charge in [0, 0.05) is 6.20 Å². The quantitative estimate of drug-likeness (QED) is 0.176. The molecule has 5 aromatic rings. The van der Waals surface area contributed by atoms with Gasteiger partial charge in [-0.25, -0.2) is 9.97 Å². The number of fused-ring (bicyclic) bond motifs is 2. The van der Waals surface area contributed by atoms with Gasteiger partial charge in [-0.05, 0) is 74.2 Å². The third-order valence-corrected chi connectivity index (χ3v) is 8.21. The Morgan fingerprint density at radius 1 is 1.00 bits per heavy atom. The van der Waals surface area contributed by atoms with Crippen molar-refractivity contribution in [3.63, 3.8) is 0 Å². The SMILES string of the molecule is COc1ccc(C2C(=C(O)c3nc4c(C)cccn4c3C)C(=O)C(=O)N2c2nc3c(C)cc(C)cc3s2)cc1. The van der Waals surface area contributed by atoms with Gasteiger partial charge >= 0.3 is 5.91 Å². The van der Waals surface area contributed by atoms with E-state index < -0.39 is 17.7 Å². The lowest BCUT2D eigenvalue weighted by molar-refractivity contribution is -0.132. The molecule has 0 saturated carbocycles. The number of thiazole rings is 1. The van der Waals surface area contributed by atoms with Crippen LogP contribution in [-0.4, -0.2) is 38.3 Å². The number of hydrogen-bond acceptors (Lipinski definition) is 7. The smallest absolute Gasteiger partial charge is 0.301 e. The van der Waals surface area contributed by atoms with Gasteiger partial charge in [0.15, 0.2) is 10.9 Å². The van der Waals surface area contributed by atoms with Crippen molar-refractivity contribution >= 4 is 49.8 Å². The zero-order valence-corrected chi connectivity index (χ0v) is 23.0. The van der Waals surface area contributed by atoms with Crippen molar-refractivity contribution in [2.24, 2.45) is 0 Å². The summed E-state index contributed by atoms with van der Waals surface area (Å²) in [6.07, 6.45) is 1.85. The number of aliphatic hydroxyl groups is 1. The number of imidazole rings is 1. The average molecular weight is 539 g/mol. The third-order valence-electron chi connectivity index (χ3n) is 7.21. The molecule has 196 valence electrons. The van der Waals surface area contributed by atoms with Gasteiger partial charge in [-0.15, -0.1) is 0 Å². The average Bonchev–Trinajstić information content (AvgIpc) is 3.57. The molecule has 3 aromatic heterocycles. The van der Waals surface area contributed by atoms with Crippen molar-refractivity contribution < 1.29 is 19.4 Å². The molecule has 1 atom stereocenters. The number of aryl methyl sites for hydroxylation is 4. The molecule has 1 aliphatic heterocycles. The number of nitrogens with zero attached hydrogens (tertiary/aromatic N) is 4. The number of anilines is 1. The van der Waals surface area contributed by atoms with E-state index in [9.17, 15) is 14.7 Å². The first-order chi connectivity index (χ1) is 18.7. The normalized spacial score (nSPS) is 17.1. The minimum atomic E-state index is -0.900. The molecule has 8 nitrogen and oxygen atoms in total. The van der Waals surface area contributed by atoms with E-state index >= 15 is 0 Å². The van der Waals surface area contributed by atoms with Crippen LogP contribution in [0.3, 0.4) is 0 Å². The second-order valence-electron chi connectivity index (χ2n) is 9.80. The zero-order valence-electron chi connectivity index (χ0n) is 22.1. The highest BCUT2D eigenvalue weighted by Gasteiger charge is 2.48. The van der Waals surface area contributed by atoms with Crippen LogP contribution >= 0.6 is 11.3 Å². The van der Waals surface area contributed by atoms with Crippen LogP contribution in [-0.2, 0) is 9.59 Å². The van der Waals surface area contributed by atoms with Crippen LogP contribution in [0, 0.1) is 27.7 Å². The molecule has 1 amide bonds. The fourth-order valence-corrected chi connectivity index (χ4v) is 6.44. The molecule has 1 fully saturated rings. The van der Waals surface area contributed by atoms with E-state index in [0.29, 0.717) is 27.8 Å². The molecule has 0 spiro atoms. The lowest BCUT2D eigenvalue weighted by Crippen LogP contribution is -2.29. The van der Waals surface area contributed by atoms with E-state index in [-0.39, 0.29) is 17.0 Å². The van der Waals surface area contributed by atoms with E-state index in [1.807, 2.05) is 62.6 Å². The molecule has 4 heterocycles. The predicted molar refractivity (Wildman–Crippen MR) is 152 cm³/mol. The van der Waals surface area contributed by atoms with Gasteiger partial charge in [-0.3, -0.25) is 14.5 Å². The number of ketones is 1. The summed E-state index contributed by atoms with van der Waals surface area (Å²) in [5.74, 6) is -1.21. The molecule has 1 aliphatic rings. The topological polar surface area (TPSA) is 97.0 Å². The number of ether oxygens (including phenoxy) is 1. The first kappa shape index (κ1) is 24.8. The summed E-state index contributed by atoms with van der Waals surface area (Å²) < 4.78 is 8.11. The van der Waals surface area contributed by atoms with Crippen molar-refractivity contribution in [2.75, 3.05) is 12.0 Å². The van der Waals surface area contributed by atoms with Crippen molar-refractivity contribution in [2.45, 2.75) is 33.7 Å². The van der Waals surface area contributed by atoms with Gasteiger partial charge in [0.25, 0.3) is 5.78 Å². The molecular formula is C30H26N4O4S. The minimum Gasteiger partial charge on any atom is -0.505 e. The Hall–Kier alpha value is -4.50. The maximum Gasteiger partial charge on any atom is 0.301 e. The van der Waals surface area contributed by atoms with Crippen molar-refractivity contribution in [1.82, 2.24) is 14.4 Å². The molecule has 2 aromatic carbocycles. The highest BCUT2D eigenvalue weighted by Crippen LogP contribution is 2.45. The lowest BCUT2D eigenvalue weighted by atomic mass is 9.96. The summed E-state index contributed by atoms with van der Waals surface area (Å²) >= 11 is 1.35. The Morgan fingerprint density at radius 3 is 2.44 bits per heavy atom. The van der Waals surface area contributed by atoms with E-state index in [1.165, 1.54) is 16.2 Å². The zero-order chi connectivity index (χ0) is 27.6. The van der Waals surface area contributed by atoms with Crippen LogP contribution in [0.1, 0.15) is 39.7 Å². The highest BCUT2D eigenvalue weighted by atomic mass is 32.1. The number of aliphatic hydroxyl groups excluding tert-OH is 1. The largest absolute Gasteiger partial charge is 0.505 e. The molecule has 0 bridgehead atoms. The number of benzene rings is 2. The molecular weight excluding hydrogens is 512 g/mol. The van der Waals surface area contributed by atoms with Gasteiger partial charge in [-0.1, -0.05) is 35.6 Å². The first-order valence-corrected chi connectivity index (χ1v) is 13.3. The van der Waals surface area contributed by atoms with Crippen LogP contribution < -0.4 is 9.64 Å². The van der Waals surface area contributed by atoms with Crippen molar-refractivity contribution in [3.8, 4) is 5.75 Å². The molecule has 1 saturated heterocycles. The number of hydrogen-bond donors (Lipinski definition) is 1. The number of aromatic nitrogens is 3. The number of carbonyl (C=O) groups excluding carboxylic acids is 2. The summed E-state index contributed by atoms with van der Waals surface area (Å²) in [6, 6.07) is 14.1. The minimum absolute atomic E-state index is 0.0264. The molecule has 0 aliphatic carbocycles. The standard InChI is InChI=1S/C30H26N4O4S/c1-15-13-17(3)23-21(14-15)39-30(32-23)34-25(19-8-10-20(38-5)11-9-19)22(27(36)29(34)37)26(35)24-18(4)33-12-6-7-16(2)28(33)31-24/h6-14,25,35H,1-5H3. The van der Waals surface area contributed by atoms with Crippen molar-refractivity contribution in [3.05, 3.63) is 93.9 Å². The number of pyridine rings is 1. The second-order valence-corrected chi connectivity index (χ2v) is 10.8. The highest BCUT2D eigenvalue weighted by molar-refractivity contribution is 7.22. The van der Waals surface area contributed by atoms with E-state index in [1.54, 1.807) is 31.4 Å². The second kappa shape index (κ2) is 9.06. The molecule has 39 heavy (non-hydrogen) atoms. The van der Waals surface area contributed by atoms with Gasteiger partial charge in [0.2, 0.25) is 0 Å². The van der Waals surface area contributed by atoms with Crippen LogP contribution in [0.5, 0.6) is 5.75 Å². The van der Waals surface area contributed by atoms with E-state index in [2.05, 4.69) is 4.98 Å². The summed E-state index contributed by atoms with van der Waals surface area (Å²) in [6.45, 7) is 7.74. The summed E-state index contributed by atoms with van der Waals surface area (Å²) in [7, 11) is 1.57. The Balaban J connectivity index is 1.60. The Labute approximate surface area is 228 Å². The number of amides is 1. The number of rotatable bonds is 4. The summed E-state index contributed by atoms with van der Waals surface area (Å²) in [4.78, 5) is 38.1. The lowest BCUT2D eigenvalue weighted by Gasteiger charge is -2.23. The third kappa shape index (κ3) is 3.80. The summed E-state index contributed by atoms with van der Waals surface area (Å²) in [5.41, 5.74) is 5.98. The number of Topliss-reactive ketones (excluding diaryl/α,β-unsaturated/α-hetero) is 1. The number of carbonyl (C=O) groups is 2. The van der Waals surface area contributed by atoms with Crippen LogP contribution in [0.15, 0.2) is 60.3 Å². The van der Waals surface area contributed by atoms with Gasteiger partial charge in [0.05, 0.1) is 34.6 Å². The first-order valence-electron chi connectivity index (χ1n) is 12.5. The molecule has 1 unspecified atom stereocenters. The van der Waals surface area contributed by atoms with Crippen LogP contribution in [0.25, 0.3) is 21.6 Å². The molecule has 0 radical (unpaired) electrons. The molecule has 9 heteroatoms. The van der Waals surface area contributed by atoms with Gasteiger partial charge in [-0.2, -0.15) is 0 Å². The van der Waals surface area contributed by atoms with Gasteiger partial charge < -0.3 is 14.2 Å². The maximum absolute atomic E-state index is 13.6. The van der Waals surface area contributed by atoms with Crippen LogP contribution in [0.2, 0.25) is 0 Å². The van der Waals surface area contributed by atoms with E-state index in [4.69, 9.17) is 9.72 Å². The monoisotopic (exact) mass is 538 g/mol. The summed E-state index contributed by atoms with van der Waals surface area (Å²) in [5, 5.41) is 12.1. The number of methoxy groups -OCH3 is 1. The molecule has 6 rings (SSSR count).